The van der Waals surface area contributed by atoms with Crippen LogP contribution in [0.4, 0.5) is 0 Å². The summed E-state index contributed by atoms with van der Waals surface area (Å²) in [6.07, 6.45) is 1.49. The van der Waals surface area contributed by atoms with Crippen molar-refractivity contribution in [3.05, 3.63) is 35.9 Å². The van der Waals surface area contributed by atoms with Crippen molar-refractivity contribution in [2.45, 2.75) is 96.9 Å². The standard InChI is InChI=1S/C30H54N6O6S/c1-7-22(4)20-32-28(38)19-27(37)25(17-21(2)3)34-29(39)24(15-11-12-16-31)33-30(40)26(35-43(41,42)36(5)6)18-23-13-9-8-10-14-23/h8-10,13-14,21-22,24-27,35,37H,7,11-12,15-20,31H2,1-6H3,(H,32,38)(H,33,40)(H,34,39)/t22-,24-,25-,26-,27-/m0/s1. The fraction of sp³-hybridized carbons (Fsp3) is 0.700. The zero-order chi connectivity index (χ0) is 32.6. The van der Waals surface area contributed by atoms with Crippen LogP contribution in [0.1, 0.15) is 71.8 Å². The van der Waals surface area contributed by atoms with Gasteiger partial charge in [0.25, 0.3) is 10.2 Å². The molecule has 7 N–H and O–H groups in total. The number of amides is 3. The van der Waals surface area contributed by atoms with Crippen LogP contribution in [0.5, 0.6) is 0 Å². The van der Waals surface area contributed by atoms with Gasteiger partial charge in [-0.2, -0.15) is 17.4 Å². The summed E-state index contributed by atoms with van der Waals surface area (Å²) >= 11 is 0. The number of carbonyl (C=O) groups excluding carboxylic acids is 3. The molecule has 1 aromatic carbocycles. The fourth-order valence-electron chi connectivity index (χ4n) is 4.30. The van der Waals surface area contributed by atoms with Gasteiger partial charge in [0.05, 0.1) is 18.6 Å². The van der Waals surface area contributed by atoms with Crippen LogP contribution in [0.25, 0.3) is 0 Å². The number of carbonyl (C=O) groups is 3. The maximum absolute atomic E-state index is 13.6. The molecular formula is C30H54N6O6S. The van der Waals surface area contributed by atoms with E-state index >= 15 is 0 Å². The van der Waals surface area contributed by atoms with Crippen molar-refractivity contribution in [1.29, 1.82) is 0 Å². The number of aliphatic hydroxyl groups excluding tert-OH is 1. The maximum atomic E-state index is 13.6. The predicted octanol–water partition coefficient (Wildman–Crippen LogP) is 1.05. The molecule has 0 aliphatic carbocycles. The Morgan fingerprint density at radius 1 is 0.977 bits per heavy atom. The molecule has 0 unspecified atom stereocenters. The fourth-order valence-corrected chi connectivity index (χ4v) is 5.06. The first-order chi connectivity index (χ1) is 20.2. The molecule has 12 nitrogen and oxygen atoms in total. The Hall–Kier alpha value is -2.58. The largest absolute Gasteiger partial charge is 0.390 e. The Bertz CT molecular complexity index is 1090. The summed E-state index contributed by atoms with van der Waals surface area (Å²) in [4.78, 5) is 39.6. The van der Waals surface area contributed by atoms with Crippen LogP contribution < -0.4 is 26.4 Å². The molecule has 1 aromatic rings. The van der Waals surface area contributed by atoms with Gasteiger partial charge in [-0.3, -0.25) is 14.4 Å². The van der Waals surface area contributed by atoms with Crippen molar-refractivity contribution in [2.75, 3.05) is 27.2 Å². The van der Waals surface area contributed by atoms with Gasteiger partial charge in [0.1, 0.15) is 12.1 Å². The van der Waals surface area contributed by atoms with Crippen LogP contribution in [-0.4, -0.2) is 87.0 Å². The van der Waals surface area contributed by atoms with Gasteiger partial charge in [0.2, 0.25) is 17.7 Å². The minimum atomic E-state index is -3.97. The number of nitrogens with zero attached hydrogens (tertiary/aromatic N) is 1. The Balaban J connectivity index is 3.15. The smallest absolute Gasteiger partial charge is 0.279 e. The molecule has 0 spiro atoms. The van der Waals surface area contributed by atoms with E-state index in [1.54, 1.807) is 24.3 Å². The Morgan fingerprint density at radius 3 is 2.16 bits per heavy atom. The number of hydrogen-bond acceptors (Lipinski definition) is 7. The molecule has 3 amide bonds. The summed E-state index contributed by atoms with van der Waals surface area (Å²) in [5.74, 6) is -1.08. The molecule has 5 atom stereocenters. The SMILES string of the molecule is CC[C@H](C)CNC(=O)C[C@H](O)[C@H](CC(C)C)NC(=O)[C@H](CCCCN)NC(=O)[C@H](Cc1ccccc1)NS(=O)(=O)N(C)C. The second-order valence-electron chi connectivity index (χ2n) is 11.8. The van der Waals surface area contributed by atoms with E-state index in [9.17, 15) is 27.9 Å². The van der Waals surface area contributed by atoms with Crippen molar-refractivity contribution >= 4 is 27.9 Å². The topological polar surface area (TPSA) is 183 Å². The maximum Gasteiger partial charge on any atom is 0.279 e. The molecular weight excluding hydrogens is 572 g/mol. The van der Waals surface area contributed by atoms with Gasteiger partial charge in [0.15, 0.2) is 0 Å². The van der Waals surface area contributed by atoms with E-state index in [4.69, 9.17) is 5.73 Å². The van der Waals surface area contributed by atoms with Gasteiger partial charge in [-0.25, -0.2) is 0 Å². The second-order valence-corrected chi connectivity index (χ2v) is 13.7. The van der Waals surface area contributed by atoms with Crippen LogP contribution >= 0.6 is 0 Å². The predicted molar refractivity (Wildman–Crippen MR) is 169 cm³/mol. The average Bonchev–Trinajstić information content (AvgIpc) is 2.94. The molecule has 0 saturated heterocycles. The van der Waals surface area contributed by atoms with E-state index in [0.29, 0.717) is 38.3 Å². The lowest BCUT2D eigenvalue weighted by atomic mass is 9.96. The van der Waals surface area contributed by atoms with Crippen molar-refractivity contribution in [3.8, 4) is 0 Å². The first-order valence-corrected chi connectivity index (χ1v) is 16.6. The molecule has 13 heteroatoms. The monoisotopic (exact) mass is 626 g/mol. The highest BCUT2D eigenvalue weighted by molar-refractivity contribution is 7.87. The zero-order valence-corrected chi connectivity index (χ0v) is 27.5. The molecule has 0 heterocycles. The molecule has 1 rings (SSSR count). The number of unbranched alkanes of at least 4 members (excludes halogenated alkanes) is 1. The molecule has 0 aromatic heterocycles. The third-order valence-corrected chi connectivity index (χ3v) is 8.75. The van der Waals surface area contributed by atoms with Gasteiger partial charge in [-0.15, -0.1) is 0 Å². The van der Waals surface area contributed by atoms with E-state index in [0.717, 1.165) is 16.3 Å². The number of nitrogens with two attached hydrogens (primary N) is 1. The van der Waals surface area contributed by atoms with Crippen LogP contribution in [0, 0.1) is 11.8 Å². The normalized spacial score (nSPS) is 15.4. The third-order valence-electron chi connectivity index (χ3n) is 7.21. The average molecular weight is 627 g/mol. The molecule has 246 valence electrons. The number of rotatable bonds is 21. The lowest BCUT2D eigenvalue weighted by Gasteiger charge is -2.29. The minimum absolute atomic E-state index is 0.0668. The Kier molecular flexibility index (Phi) is 17.6. The summed E-state index contributed by atoms with van der Waals surface area (Å²) in [5, 5.41) is 19.4. The number of aliphatic hydroxyl groups is 1. The zero-order valence-electron chi connectivity index (χ0n) is 26.6. The molecule has 0 fully saturated rings. The molecule has 0 aliphatic rings. The van der Waals surface area contributed by atoms with E-state index < -0.39 is 46.3 Å². The van der Waals surface area contributed by atoms with Crippen LogP contribution in [0.15, 0.2) is 30.3 Å². The van der Waals surface area contributed by atoms with Crippen LogP contribution in [0.3, 0.4) is 0 Å². The minimum Gasteiger partial charge on any atom is -0.390 e. The highest BCUT2D eigenvalue weighted by atomic mass is 32.2. The van der Waals surface area contributed by atoms with Crippen molar-refractivity contribution < 1.29 is 27.9 Å². The lowest BCUT2D eigenvalue weighted by molar-refractivity contribution is -0.131. The summed E-state index contributed by atoms with van der Waals surface area (Å²) < 4.78 is 28.7. The summed E-state index contributed by atoms with van der Waals surface area (Å²) in [5.41, 5.74) is 6.39. The van der Waals surface area contributed by atoms with Crippen molar-refractivity contribution in [2.24, 2.45) is 17.6 Å². The molecule has 0 radical (unpaired) electrons. The third kappa shape index (κ3) is 15.1. The molecule has 0 aliphatic heterocycles. The van der Waals surface area contributed by atoms with Gasteiger partial charge >= 0.3 is 0 Å². The second kappa shape index (κ2) is 19.6. The molecule has 0 bridgehead atoms. The van der Waals surface area contributed by atoms with Gasteiger partial charge in [-0.05, 0) is 56.0 Å². The van der Waals surface area contributed by atoms with E-state index in [2.05, 4.69) is 20.7 Å². The van der Waals surface area contributed by atoms with Gasteiger partial charge in [0, 0.05) is 20.6 Å². The van der Waals surface area contributed by atoms with Crippen LogP contribution in [0.2, 0.25) is 0 Å². The highest BCUT2D eigenvalue weighted by Crippen LogP contribution is 2.13. The lowest BCUT2D eigenvalue weighted by Crippen LogP contribution is -2.57. The van der Waals surface area contributed by atoms with Gasteiger partial charge < -0.3 is 26.8 Å². The molecule has 0 saturated carbocycles. The Labute approximate surface area is 258 Å². The molecule has 43 heavy (non-hydrogen) atoms. The van der Waals surface area contributed by atoms with E-state index in [1.165, 1.54) is 14.1 Å². The first-order valence-electron chi connectivity index (χ1n) is 15.2. The number of nitrogens with one attached hydrogen (secondary N) is 4. The summed E-state index contributed by atoms with van der Waals surface area (Å²) in [6, 6.07) is 6.03. The highest BCUT2D eigenvalue weighted by Gasteiger charge is 2.32. The summed E-state index contributed by atoms with van der Waals surface area (Å²) in [6.45, 7) is 8.85. The van der Waals surface area contributed by atoms with Gasteiger partial charge in [-0.1, -0.05) is 64.4 Å². The van der Waals surface area contributed by atoms with Crippen LogP contribution in [-0.2, 0) is 31.0 Å². The van der Waals surface area contributed by atoms with Crippen molar-refractivity contribution in [1.82, 2.24) is 25.0 Å². The van der Waals surface area contributed by atoms with Crippen molar-refractivity contribution in [3.63, 3.8) is 0 Å². The van der Waals surface area contributed by atoms with E-state index in [-0.39, 0.29) is 31.1 Å². The quantitative estimate of drug-likeness (QED) is 0.110. The van der Waals surface area contributed by atoms with E-state index in [1.807, 2.05) is 33.8 Å². The summed E-state index contributed by atoms with van der Waals surface area (Å²) in [7, 11) is -1.26. The number of benzene rings is 1. The Morgan fingerprint density at radius 2 is 1.60 bits per heavy atom. The number of hydrogen-bond donors (Lipinski definition) is 6. The first kappa shape index (κ1) is 38.4.